The van der Waals surface area contributed by atoms with Gasteiger partial charge in [-0.05, 0) is 30.7 Å². The number of unbranched alkanes of at least 4 members (excludes halogenated alkanes) is 2. The minimum atomic E-state index is -0.0657. The predicted octanol–water partition coefficient (Wildman–Crippen LogP) is 3.13. The Kier molecular flexibility index (Phi) is 6.70. The lowest BCUT2D eigenvalue weighted by Crippen LogP contribution is -2.29. The van der Waals surface area contributed by atoms with Gasteiger partial charge in [-0.25, -0.2) is 0 Å². The van der Waals surface area contributed by atoms with E-state index in [1.165, 1.54) is 0 Å². The molecule has 0 spiro atoms. The van der Waals surface area contributed by atoms with Gasteiger partial charge in [0.05, 0.1) is 0 Å². The number of nitrogens with one attached hydrogen (secondary N) is 1. The number of amides is 1. The second kappa shape index (κ2) is 8.12. The summed E-state index contributed by atoms with van der Waals surface area (Å²) in [6.07, 6.45) is 3.33. The SMILES string of the molecule is CCCCCNC(=O)COc1ccc(Br)cc1. The summed E-state index contributed by atoms with van der Waals surface area (Å²) in [5.41, 5.74) is 0. The Bertz CT molecular complexity index is 338. The van der Waals surface area contributed by atoms with E-state index in [0.29, 0.717) is 5.75 Å². The highest BCUT2D eigenvalue weighted by atomic mass is 79.9. The molecule has 4 heteroatoms. The van der Waals surface area contributed by atoms with Crippen molar-refractivity contribution in [3.8, 4) is 5.75 Å². The first-order chi connectivity index (χ1) is 8.22. The first-order valence-corrected chi connectivity index (χ1v) is 6.66. The van der Waals surface area contributed by atoms with Crippen molar-refractivity contribution < 1.29 is 9.53 Å². The molecule has 0 aromatic heterocycles. The molecular weight excluding hydrogens is 282 g/mol. The van der Waals surface area contributed by atoms with Crippen molar-refractivity contribution >= 4 is 21.8 Å². The molecule has 0 heterocycles. The van der Waals surface area contributed by atoms with Crippen molar-refractivity contribution in [2.75, 3.05) is 13.2 Å². The van der Waals surface area contributed by atoms with E-state index >= 15 is 0 Å². The highest BCUT2D eigenvalue weighted by Crippen LogP contribution is 2.15. The maximum atomic E-state index is 11.4. The van der Waals surface area contributed by atoms with Crippen LogP contribution in [0.15, 0.2) is 28.7 Å². The summed E-state index contributed by atoms with van der Waals surface area (Å²) in [5, 5.41) is 2.83. The lowest BCUT2D eigenvalue weighted by Gasteiger charge is -2.07. The topological polar surface area (TPSA) is 38.3 Å². The summed E-state index contributed by atoms with van der Waals surface area (Å²) in [5.74, 6) is 0.640. The fraction of sp³-hybridized carbons (Fsp3) is 0.462. The predicted molar refractivity (Wildman–Crippen MR) is 72.2 cm³/mol. The molecule has 0 aliphatic rings. The molecule has 1 aromatic rings. The minimum Gasteiger partial charge on any atom is -0.484 e. The molecule has 0 bridgehead atoms. The normalized spacial score (nSPS) is 10.0. The molecule has 0 aliphatic heterocycles. The summed E-state index contributed by atoms with van der Waals surface area (Å²) in [6, 6.07) is 7.42. The van der Waals surface area contributed by atoms with E-state index in [4.69, 9.17) is 4.74 Å². The van der Waals surface area contributed by atoms with Gasteiger partial charge in [0.2, 0.25) is 0 Å². The lowest BCUT2D eigenvalue weighted by molar-refractivity contribution is -0.123. The van der Waals surface area contributed by atoms with Gasteiger partial charge in [0.15, 0.2) is 6.61 Å². The van der Waals surface area contributed by atoms with Crippen molar-refractivity contribution in [2.45, 2.75) is 26.2 Å². The van der Waals surface area contributed by atoms with Gasteiger partial charge in [-0.15, -0.1) is 0 Å². The lowest BCUT2D eigenvalue weighted by atomic mass is 10.2. The molecule has 0 fully saturated rings. The van der Waals surface area contributed by atoms with Crippen LogP contribution in [-0.4, -0.2) is 19.1 Å². The van der Waals surface area contributed by atoms with Crippen molar-refractivity contribution in [3.05, 3.63) is 28.7 Å². The average Bonchev–Trinajstić information content (AvgIpc) is 2.34. The largest absolute Gasteiger partial charge is 0.484 e. The van der Waals surface area contributed by atoms with Gasteiger partial charge >= 0.3 is 0 Å². The van der Waals surface area contributed by atoms with E-state index in [2.05, 4.69) is 28.2 Å². The van der Waals surface area contributed by atoms with Crippen LogP contribution in [0, 0.1) is 0 Å². The Morgan fingerprint density at radius 3 is 2.65 bits per heavy atom. The van der Waals surface area contributed by atoms with Gasteiger partial charge in [0, 0.05) is 11.0 Å². The molecule has 0 aliphatic carbocycles. The number of ether oxygens (including phenoxy) is 1. The van der Waals surface area contributed by atoms with E-state index in [1.54, 1.807) is 0 Å². The maximum Gasteiger partial charge on any atom is 0.257 e. The second-order valence-corrected chi connectivity index (χ2v) is 4.72. The zero-order valence-corrected chi connectivity index (χ0v) is 11.6. The van der Waals surface area contributed by atoms with Crippen molar-refractivity contribution in [3.63, 3.8) is 0 Å². The van der Waals surface area contributed by atoms with E-state index in [9.17, 15) is 4.79 Å². The van der Waals surface area contributed by atoms with Crippen LogP contribution in [0.1, 0.15) is 26.2 Å². The zero-order valence-electron chi connectivity index (χ0n) is 10.0. The van der Waals surface area contributed by atoms with E-state index in [-0.39, 0.29) is 12.5 Å². The number of rotatable bonds is 7. The van der Waals surface area contributed by atoms with Gasteiger partial charge in [-0.1, -0.05) is 35.7 Å². The fourth-order valence-electron chi connectivity index (χ4n) is 1.33. The quantitative estimate of drug-likeness (QED) is 0.786. The Labute approximate surface area is 111 Å². The summed E-state index contributed by atoms with van der Waals surface area (Å²) in [4.78, 5) is 11.4. The first-order valence-electron chi connectivity index (χ1n) is 5.87. The number of hydrogen-bond donors (Lipinski definition) is 1. The monoisotopic (exact) mass is 299 g/mol. The van der Waals surface area contributed by atoms with Crippen LogP contribution in [0.4, 0.5) is 0 Å². The van der Waals surface area contributed by atoms with E-state index in [1.807, 2.05) is 24.3 Å². The Balaban J connectivity index is 2.17. The first kappa shape index (κ1) is 14.0. The summed E-state index contributed by atoms with van der Waals surface area (Å²) in [6.45, 7) is 2.95. The van der Waals surface area contributed by atoms with Gasteiger partial charge < -0.3 is 10.1 Å². The Morgan fingerprint density at radius 2 is 2.00 bits per heavy atom. The molecule has 0 atom stereocenters. The maximum absolute atomic E-state index is 11.4. The molecule has 1 rings (SSSR count). The summed E-state index contributed by atoms with van der Waals surface area (Å²) >= 11 is 3.34. The van der Waals surface area contributed by atoms with Gasteiger partial charge in [-0.3, -0.25) is 4.79 Å². The number of carbonyl (C=O) groups is 1. The third-order valence-electron chi connectivity index (χ3n) is 2.29. The Morgan fingerprint density at radius 1 is 1.29 bits per heavy atom. The molecule has 0 radical (unpaired) electrons. The van der Waals surface area contributed by atoms with Crippen LogP contribution in [0.2, 0.25) is 0 Å². The Hall–Kier alpha value is -1.03. The molecule has 3 nitrogen and oxygen atoms in total. The molecule has 1 N–H and O–H groups in total. The van der Waals surface area contributed by atoms with Crippen LogP contribution in [0.3, 0.4) is 0 Å². The van der Waals surface area contributed by atoms with Crippen molar-refractivity contribution in [1.82, 2.24) is 5.32 Å². The van der Waals surface area contributed by atoms with Crippen molar-refractivity contribution in [1.29, 1.82) is 0 Å². The molecule has 94 valence electrons. The van der Waals surface area contributed by atoms with Crippen LogP contribution < -0.4 is 10.1 Å². The zero-order chi connectivity index (χ0) is 12.5. The van der Waals surface area contributed by atoms with Crippen LogP contribution in [0.25, 0.3) is 0 Å². The standard InChI is InChI=1S/C13H18BrNO2/c1-2-3-4-9-15-13(16)10-17-12-7-5-11(14)6-8-12/h5-8H,2-4,9-10H2,1H3,(H,15,16). The smallest absolute Gasteiger partial charge is 0.257 e. The third-order valence-corrected chi connectivity index (χ3v) is 2.81. The van der Waals surface area contributed by atoms with Crippen LogP contribution >= 0.6 is 15.9 Å². The highest BCUT2D eigenvalue weighted by molar-refractivity contribution is 9.10. The van der Waals surface area contributed by atoms with Crippen LogP contribution in [0.5, 0.6) is 5.75 Å². The molecule has 0 unspecified atom stereocenters. The molecular formula is C13H18BrNO2. The number of carbonyl (C=O) groups excluding carboxylic acids is 1. The van der Waals surface area contributed by atoms with E-state index in [0.717, 1.165) is 30.3 Å². The molecule has 17 heavy (non-hydrogen) atoms. The minimum absolute atomic E-state index is 0.0657. The summed E-state index contributed by atoms with van der Waals surface area (Å²) in [7, 11) is 0. The van der Waals surface area contributed by atoms with Gasteiger partial charge in [-0.2, -0.15) is 0 Å². The molecule has 0 saturated carbocycles. The number of halogens is 1. The van der Waals surface area contributed by atoms with Gasteiger partial charge in [0.1, 0.15) is 5.75 Å². The third kappa shape index (κ3) is 6.31. The van der Waals surface area contributed by atoms with Gasteiger partial charge in [0.25, 0.3) is 5.91 Å². The molecule has 1 amide bonds. The fourth-order valence-corrected chi connectivity index (χ4v) is 1.60. The number of hydrogen-bond acceptors (Lipinski definition) is 2. The average molecular weight is 300 g/mol. The highest BCUT2D eigenvalue weighted by Gasteiger charge is 2.01. The molecule has 0 saturated heterocycles. The van der Waals surface area contributed by atoms with E-state index < -0.39 is 0 Å². The summed E-state index contributed by atoms with van der Waals surface area (Å²) < 4.78 is 6.34. The van der Waals surface area contributed by atoms with Crippen LogP contribution in [-0.2, 0) is 4.79 Å². The van der Waals surface area contributed by atoms with Crippen molar-refractivity contribution in [2.24, 2.45) is 0 Å². The second-order valence-electron chi connectivity index (χ2n) is 3.80. The molecule has 1 aromatic carbocycles. The number of benzene rings is 1.